The summed E-state index contributed by atoms with van der Waals surface area (Å²) >= 11 is 6.91. The lowest BCUT2D eigenvalue weighted by Gasteiger charge is -2.70. The van der Waals surface area contributed by atoms with Crippen LogP contribution in [-0.2, 0) is 20.3 Å². The van der Waals surface area contributed by atoms with Gasteiger partial charge >= 0.3 is 0 Å². The number of alkyl halides is 1. The Hall–Kier alpha value is -0.610. The molecule has 3 unspecified atom stereocenters. The van der Waals surface area contributed by atoms with Crippen molar-refractivity contribution in [3.8, 4) is 0 Å². The van der Waals surface area contributed by atoms with Crippen molar-refractivity contribution in [3.05, 3.63) is 35.4 Å². The number of methoxy groups -OCH3 is 1. The van der Waals surface area contributed by atoms with E-state index in [0.29, 0.717) is 11.8 Å². The predicted molar refractivity (Wildman–Crippen MR) is 86.9 cm³/mol. The van der Waals surface area contributed by atoms with E-state index in [1.54, 1.807) is 7.11 Å². The Morgan fingerprint density at radius 1 is 1.13 bits per heavy atom. The first kappa shape index (κ1) is 14.7. The molecule has 1 aromatic carbocycles. The van der Waals surface area contributed by atoms with Crippen molar-refractivity contribution in [1.29, 1.82) is 0 Å². The maximum atomic E-state index is 6.91. The minimum absolute atomic E-state index is 0.0210. The molecule has 1 saturated heterocycles. The fourth-order valence-corrected chi connectivity index (χ4v) is 6.78. The maximum Gasteiger partial charge on any atom is 0.260 e. The monoisotopic (exact) mass is 334 g/mol. The molecular weight excluding hydrogens is 312 g/mol. The molecule has 0 N–H and O–H groups in total. The van der Waals surface area contributed by atoms with Crippen LogP contribution in [0.15, 0.2) is 24.3 Å². The fraction of sp³-hybridized carbons (Fsp3) is 0.684. The van der Waals surface area contributed by atoms with E-state index in [4.69, 9.17) is 26.1 Å². The summed E-state index contributed by atoms with van der Waals surface area (Å²) in [5.41, 5.74) is 1.91. The number of rotatable bonds is 2. The number of halogens is 1. The summed E-state index contributed by atoms with van der Waals surface area (Å²) in [6, 6.07) is 8.43. The highest BCUT2D eigenvalue weighted by molar-refractivity contribution is 6.24. The van der Waals surface area contributed by atoms with Gasteiger partial charge in [0.1, 0.15) is 0 Å². The second-order valence-electron chi connectivity index (χ2n) is 8.14. The topological polar surface area (TPSA) is 27.7 Å². The Morgan fingerprint density at radius 2 is 1.87 bits per heavy atom. The molecule has 5 aliphatic rings. The van der Waals surface area contributed by atoms with Crippen molar-refractivity contribution in [3.63, 3.8) is 0 Å². The fourth-order valence-electron chi connectivity index (χ4n) is 6.19. The van der Waals surface area contributed by atoms with Crippen molar-refractivity contribution >= 4 is 11.6 Å². The van der Waals surface area contributed by atoms with Crippen LogP contribution in [0.3, 0.4) is 0 Å². The van der Waals surface area contributed by atoms with E-state index in [1.807, 2.05) is 0 Å². The highest BCUT2D eigenvalue weighted by atomic mass is 35.5. The average Bonchev–Trinajstić information content (AvgIpc) is 2.45. The van der Waals surface area contributed by atoms with Crippen LogP contribution in [-0.4, -0.2) is 17.6 Å². The van der Waals surface area contributed by atoms with Gasteiger partial charge in [-0.25, -0.2) is 4.89 Å². The van der Waals surface area contributed by atoms with Crippen LogP contribution in [0, 0.1) is 24.7 Å². The molecule has 3 atom stereocenters. The van der Waals surface area contributed by atoms with Crippen LogP contribution >= 0.6 is 11.6 Å². The third-order valence-electron chi connectivity index (χ3n) is 6.82. The first-order valence-electron chi connectivity index (χ1n) is 8.69. The molecule has 0 radical (unpaired) electrons. The molecule has 124 valence electrons. The zero-order chi connectivity index (χ0) is 15.9. The highest BCUT2D eigenvalue weighted by Gasteiger charge is 2.78. The molecule has 0 amide bonds. The van der Waals surface area contributed by atoms with E-state index >= 15 is 0 Å². The molecule has 1 heterocycles. The van der Waals surface area contributed by atoms with Gasteiger partial charge in [0, 0.05) is 17.5 Å². The van der Waals surface area contributed by atoms with Crippen LogP contribution in [0.1, 0.15) is 43.2 Å². The van der Waals surface area contributed by atoms with Gasteiger partial charge in [-0.15, -0.1) is 11.6 Å². The molecule has 3 nitrogen and oxygen atoms in total. The molecule has 4 heteroatoms. The van der Waals surface area contributed by atoms with Gasteiger partial charge in [0.15, 0.2) is 5.60 Å². The van der Waals surface area contributed by atoms with Crippen LogP contribution < -0.4 is 0 Å². The second kappa shape index (κ2) is 4.51. The normalized spacial score (nSPS) is 50.3. The molecule has 0 aromatic heterocycles. The van der Waals surface area contributed by atoms with Gasteiger partial charge < -0.3 is 4.74 Å². The summed E-state index contributed by atoms with van der Waals surface area (Å²) in [7, 11) is 1.74. The smallest absolute Gasteiger partial charge is 0.260 e. The summed E-state index contributed by atoms with van der Waals surface area (Å²) in [6.45, 7) is 2.10. The Labute approximate surface area is 142 Å². The third-order valence-corrected chi connectivity index (χ3v) is 7.29. The molecule has 6 rings (SSSR count). The Kier molecular flexibility index (Phi) is 2.89. The number of hydrogen-bond donors (Lipinski definition) is 0. The van der Waals surface area contributed by atoms with Gasteiger partial charge in [-0.2, -0.15) is 4.89 Å². The van der Waals surface area contributed by atoms with Gasteiger partial charge in [-0.3, -0.25) is 0 Å². The standard InChI is InChI=1S/C19H23ClO3/c1-12-4-3-5-14(6-12)19(21-2)18(22-23-19)15-7-13-8-16(18)11-17(20,9-13)10-15/h3-6,13,15-16H,7-11H2,1-2H3. The second-order valence-corrected chi connectivity index (χ2v) is 8.95. The van der Waals surface area contributed by atoms with Crippen molar-refractivity contribution in [2.24, 2.45) is 17.8 Å². The van der Waals surface area contributed by atoms with Crippen LogP contribution in [0.4, 0.5) is 0 Å². The predicted octanol–water partition coefficient (Wildman–Crippen LogP) is 4.31. The molecule has 5 fully saturated rings. The Morgan fingerprint density at radius 3 is 2.39 bits per heavy atom. The number of aryl methyl sites for hydroxylation is 1. The van der Waals surface area contributed by atoms with E-state index in [-0.39, 0.29) is 10.5 Å². The quantitative estimate of drug-likeness (QED) is 0.595. The van der Waals surface area contributed by atoms with E-state index in [0.717, 1.165) is 24.3 Å². The van der Waals surface area contributed by atoms with Crippen molar-refractivity contribution < 1.29 is 14.5 Å². The van der Waals surface area contributed by atoms with Crippen LogP contribution in [0.25, 0.3) is 0 Å². The summed E-state index contributed by atoms with van der Waals surface area (Å²) in [4.78, 5) is 11.7. The van der Waals surface area contributed by atoms with Gasteiger partial charge in [-0.1, -0.05) is 29.8 Å². The lowest BCUT2D eigenvalue weighted by atomic mass is 9.46. The molecule has 1 spiro atoms. The maximum absolute atomic E-state index is 6.91. The third kappa shape index (κ3) is 1.67. The zero-order valence-electron chi connectivity index (χ0n) is 13.7. The van der Waals surface area contributed by atoms with Gasteiger partial charge in [0.2, 0.25) is 0 Å². The van der Waals surface area contributed by atoms with Gasteiger partial charge in [0.25, 0.3) is 5.79 Å². The molecule has 1 aromatic rings. The lowest BCUT2D eigenvalue weighted by molar-refractivity contribution is -0.645. The minimum atomic E-state index is -0.783. The first-order valence-corrected chi connectivity index (χ1v) is 9.07. The Bertz CT molecular complexity index is 640. The van der Waals surface area contributed by atoms with E-state index in [9.17, 15) is 0 Å². The summed E-state index contributed by atoms with van der Waals surface area (Å²) in [5, 5.41) is 0. The molecule has 4 aliphatic carbocycles. The number of benzene rings is 1. The molecule has 4 bridgehead atoms. The Balaban J connectivity index is 1.63. The first-order chi connectivity index (χ1) is 11.0. The number of hydrogen-bond acceptors (Lipinski definition) is 3. The highest BCUT2D eigenvalue weighted by Crippen LogP contribution is 2.71. The molecular formula is C19H23ClO3. The largest absolute Gasteiger partial charge is 0.345 e. The number of ether oxygens (including phenoxy) is 1. The summed E-state index contributed by atoms with van der Waals surface area (Å²) < 4.78 is 6.04. The van der Waals surface area contributed by atoms with Gasteiger partial charge in [-0.05, 0) is 56.8 Å². The average molecular weight is 335 g/mol. The zero-order valence-corrected chi connectivity index (χ0v) is 14.4. The molecule has 1 aliphatic heterocycles. The van der Waals surface area contributed by atoms with Crippen molar-refractivity contribution in [2.75, 3.05) is 7.11 Å². The summed E-state index contributed by atoms with van der Waals surface area (Å²) in [6.07, 6.45) is 5.57. The molecule has 23 heavy (non-hydrogen) atoms. The van der Waals surface area contributed by atoms with Crippen molar-refractivity contribution in [1.82, 2.24) is 0 Å². The van der Waals surface area contributed by atoms with E-state index < -0.39 is 5.79 Å². The van der Waals surface area contributed by atoms with Crippen LogP contribution in [0.2, 0.25) is 0 Å². The minimum Gasteiger partial charge on any atom is -0.345 e. The lowest BCUT2D eigenvalue weighted by Crippen LogP contribution is -2.78. The van der Waals surface area contributed by atoms with E-state index in [1.165, 1.54) is 24.8 Å². The van der Waals surface area contributed by atoms with Crippen LogP contribution in [0.5, 0.6) is 0 Å². The van der Waals surface area contributed by atoms with Gasteiger partial charge in [0.05, 0.1) is 0 Å². The van der Waals surface area contributed by atoms with Crippen molar-refractivity contribution in [2.45, 2.75) is 55.3 Å². The SMILES string of the molecule is COC1(c2cccc(C)c2)OOC12C1CC3CC2CC(Cl)(C3)C1. The summed E-state index contributed by atoms with van der Waals surface area (Å²) in [5.74, 6) is 0.794. The molecule has 4 saturated carbocycles. The van der Waals surface area contributed by atoms with E-state index in [2.05, 4.69) is 31.2 Å².